The van der Waals surface area contributed by atoms with Gasteiger partial charge >= 0.3 is 0 Å². The summed E-state index contributed by atoms with van der Waals surface area (Å²) in [4.78, 5) is 2.53. The van der Waals surface area contributed by atoms with E-state index in [0.29, 0.717) is 0 Å². The highest BCUT2D eigenvalue weighted by atomic mass is 35.5. The van der Waals surface area contributed by atoms with E-state index in [-0.39, 0.29) is 12.4 Å². The summed E-state index contributed by atoms with van der Waals surface area (Å²) in [5, 5.41) is 0. The van der Waals surface area contributed by atoms with Gasteiger partial charge < -0.3 is 4.90 Å². The molecule has 2 rings (SSSR count). The van der Waals surface area contributed by atoms with Crippen LogP contribution < -0.4 is 0 Å². The third-order valence-electron chi connectivity index (χ3n) is 2.99. The Balaban J connectivity index is 0.000000980. The number of hydrogen-bond donors (Lipinski definition) is 0. The van der Waals surface area contributed by atoms with Crippen LogP contribution in [0.4, 0.5) is 0 Å². The first-order chi connectivity index (χ1) is 6.40. The van der Waals surface area contributed by atoms with Crippen molar-refractivity contribution in [2.75, 3.05) is 19.6 Å². The number of halogens is 1. The molecule has 1 atom stereocenters. The second kappa shape index (κ2) is 5.38. The van der Waals surface area contributed by atoms with Crippen molar-refractivity contribution in [2.24, 2.45) is 0 Å². The summed E-state index contributed by atoms with van der Waals surface area (Å²) in [6.45, 7) is 5.97. The highest BCUT2D eigenvalue weighted by Gasteiger charge is 2.21. The molecule has 1 aromatic rings. The number of rotatable bonds is 2. The summed E-state index contributed by atoms with van der Waals surface area (Å²) >= 11 is 0. The van der Waals surface area contributed by atoms with Gasteiger partial charge in [0.2, 0.25) is 0 Å². The Kier molecular flexibility index (Phi) is 4.43. The zero-order chi connectivity index (χ0) is 9.10. The van der Waals surface area contributed by atoms with Crippen molar-refractivity contribution in [2.45, 2.75) is 19.3 Å². The van der Waals surface area contributed by atoms with Crippen molar-refractivity contribution in [3.63, 3.8) is 0 Å². The number of nitrogens with zero attached hydrogens (tertiary/aromatic N) is 1. The Bertz CT molecular complexity index is 260. The SMILES string of the molecule is CCN1CCC(c2ccccc2)C1.Cl. The van der Waals surface area contributed by atoms with Crippen LogP contribution in [0.15, 0.2) is 30.3 Å². The molecule has 1 aliphatic rings. The first-order valence-corrected chi connectivity index (χ1v) is 5.17. The van der Waals surface area contributed by atoms with Crippen molar-refractivity contribution >= 4 is 12.4 Å². The average molecular weight is 212 g/mol. The average Bonchev–Trinajstić information content (AvgIpc) is 2.67. The molecular formula is C12H18ClN. The third kappa shape index (κ3) is 2.49. The Labute approximate surface area is 92.5 Å². The van der Waals surface area contributed by atoms with Gasteiger partial charge in [-0.3, -0.25) is 0 Å². The molecule has 1 fully saturated rings. The maximum atomic E-state index is 2.53. The molecule has 78 valence electrons. The summed E-state index contributed by atoms with van der Waals surface area (Å²) in [5.41, 5.74) is 1.51. The summed E-state index contributed by atoms with van der Waals surface area (Å²) in [6.07, 6.45) is 1.33. The molecule has 0 aliphatic carbocycles. The molecule has 0 amide bonds. The summed E-state index contributed by atoms with van der Waals surface area (Å²) in [7, 11) is 0. The molecule has 1 heterocycles. The van der Waals surface area contributed by atoms with Crippen LogP contribution in [0.5, 0.6) is 0 Å². The number of likely N-dealkylation sites (tertiary alicyclic amines) is 1. The standard InChI is InChI=1S/C12H17N.ClH/c1-2-13-9-8-12(10-13)11-6-4-3-5-7-11;/h3-7,12H,2,8-10H2,1H3;1H. The van der Waals surface area contributed by atoms with Crippen LogP contribution in [0.1, 0.15) is 24.8 Å². The molecule has 0 N–H and O–H groups in total. The third-order valence-corrected chi connectivity index (χ3v) is 2.99. The van der Waals surface area contributed by atoms with Crippen LogP contribution in [-0.2, 0) is 0 Å². The van der Waals surface area contributed by atoms with Crippen LogP contribution in [0.2, 0.25) is 0 Å². The normalized spacial score (nSPS) is 21.9. The zero-order valence-corrected chi connectivity index (χ0v) is 9.46. The van der Waals surface area contributed by atoms with E-state index in [1.807, 2.05) is 0 Å². The van der Waals surface area contributed by atoms with Crippen molar-refractivity contribution in [3.8, 4) is 0 Å². The molecule has 1 aromatic carbocycles. The molecule has 0 saturated carbocycles. The summed E-state index contributed by atoms with van der Waals surface area (Å²) in [5.74, 6) is 0.779. The van der Waals surface area contributed by atoms with Crippen LogP contribution in [0, 0.1) is 0 Å². The van der Waals surface area contributed by atoms with Crippen molar-refractivity contribution in [1.29, 1.82) is 0 Å². The highest BCUT2D eigenvalue weighted by Crippen LogP contribution is 2.26. The first-order valence-electron chi connectivity index (χ1n) is 5.17. The molecule has 0 radical (unpaired) electrons. The highest BCUT2D eigenvalue weighted by molar-refractivity contribution is 5.85. The second-order valence-corrected chi connectivity index (χ2v) is 3.79. The van der Waals surface area contributed by atoms with E-state index in [1.165, 1.54) is 31.6 Å². The molecule has 14 heavy (non-hydrogen) atoms. The van der Waals surface area contributed by atoms with E-state index < -0.39 is 0 Å². The van der Waals surface area contributed by atoms with Gasteiger partial charge in [-0.2, -0.15) is 0 Å². The molecule has 1 saturated heterocycles. The van der Waals surface area contributed by atoms with E-state index >= 15 is 0 Å². The zero-order valence-electron chi connectivity index (χ0n) is 8.65. The Hall–Kier alpha value is -0.530. The van der Waals surface area contributed by atoms with Crippen LogP contribution in [0.25, 0.3) is 0 Å². The minimum Gasteiger partial charge on any atom is -0.303 e. The van der Waals surface area contributed by atoms with Crippen molar-refractivity contribution < 1.29 is 0 Å². The molecule has 1 nitrogen and oxygen atoms in total. The molecule has 1 aliphatic heterocycles. The van der Waals surface area contributed by atoms with E-state index in [0.717, 1.165) is 5.92 Å². The van der Waals surface area contributed by atoms with E-state index in [4.69, 9.17) is 0 Å². The van der Waals surface area contributed by atoms with Crippen molar-refractivity contribution in [1.82, 2.24) is 4.90 Å². The Morgan fingerprint density at radius 1 is 1.29 bits per heavy atom. The maximum Gasteiger partial charge on any atom is 0.00506 e. The van der Waals surface area contributed by atoms with Gasteiger partial charge in [0.25, 0.3) is 0 Å². The second-order valence-electron chi connectivity index (χ2n) is 3.79. The predicted molar refractivity (Wildman–Crippen MR) is 63.2 cm³/mol. The van der Waals surface area contributed by atoms with Gasteiger partial charge in [-0.1, -0.05) is 37.3 Å². The topological polar surface area (TPSA) is 3.24 Å². The molecule has 0 aromatic heterocycles. The maximum absolute atomic E-state index is 2.53. The summed E-state index contributed by atoms with van der Waals surface area (Å²) < 4.78 is 0. The van der Waals surface area contributed by atoms with Crippen LogP contribution in [0.3, 0.4) is 0 Å². The van der Waals surface area contributed by atoms with Gasteiger partial charge in [0.05, 0.1) is 0 Å². The summed E-state index contributed by atoms with van der Waals surface area (Å²) in [6, 6.07) is 10.9. The van der Waals surface area contributed by atoms with Crippen LogP contribution in [-0.4, -0.2) is 24.5 Å². The molecule has 1 unspecified atom stereocenters. The van der Waals surface area contributed by atoms with Crippen LogP contribution >= 0.6 is 12.4 Å². The Morgan fingerprint density at radius 3 is 2.57 bits per heavy atom. The lowest BCUT2D eigenvalue weighted by Gasteiger charge is -2.12. The number of likely N-dealkylation sites (N-methyl/N-ethyl adjacent to an activating group) is 1. The number of hydrogen-bond acceptors (Lipinski definition) is 1. The van der Waals surface area contributed by atoms with Gasteiger partial charge in [-0.05, 0) is 31.0 Å². The quantitative estimate of drug-likeness (QED) is 0.727. The minimum atomic E-state index is 0. The molecular weight excluding hydrogens is 194 g/mol. The van der Waals surface area contributed by atoms with Gasteiger partial charge in [0.1, 0.15) is 0 Å². The van der Waals surface area contributed by atoms with E-state index in [1.54, 1.807) is 0 Å². The smallest absolute Gasteiger partial charge is 0.00506 e. The fourth-order valence-electron chi connectivity index (χ4n) is 2.12. The first kappa shape index (κ1) is 11.5. The largest absolute Gasteiger partial charge is 0.303 e. The van der Waals surface area contributed by atoms with Gasteiger partial charge in [-0.15, -0.1) is 12.4 Å². The fourth-order valence-corrected chi connectivity index (χ4v) is 2.12. The number of benzene rings is 1. The van der Waals surface area contributed by atoms with E-state index in [9.17, 15) is 0 Å². The molecule has 0 spiro atoms. The van der Waals surface area contributed by atoms with Crippen molar-refractivity contribution in [3.05, 3.63) is 35.9 Å². The molecule has 0 bridgehead atoms. The van der Waals surface area contributed by atoms with Gasteiger partial charge in [0, 0.05) is 6.54 Å². The monoisotopic (exact) mass is 211 g/mol. The lowest BCUT2D eigenvalue weighted by Crippen LogP contribution is -2.19. The van der Waals surface area contributed by atoms with Gasteiger partial charge in [-0.25, -0.2) is 0 Å². The van der Waals surface area contributed by atoms with E-state index in [2.05, 4.69) is 42.2 Å². The predicted octanol–water partition coefficient (Wildman–Crippen LogP) is 2.92. The van der Waals surface area contributed by atoms with Gasteiger partial charge in [0.15, 0.2) is 0 Å². The lowest BCUT2D eigenvalue weighted by atomic mass is 9.99. The fraction of sp³-hybridized carbons (Fsp3) is 0.500. The minimum absolute atomic E-state index is 0. The Morgan fingerprint density at radius 2 is 2.00 bits per heavy atom. The lowest BCUT2D eigenvalue weighted by molar-refractivity contribution is 0.354. The molecule has 2 heteroatoms.